The summed E-state index contributed by atoms with van der Waals surface area (Å²) in [5, 5.41) is 4.48. The second kappa shape index (κ2) is 8.17. The number of carbonyl (C=O) groups excluding carboxylic acids is 2. The number of nitrogens with zero attached hydrogens (tertiary/aromatic N) is 1. The molecule has 0 aromatic heterocycles. The van der Waals surface area contributed by atoms with E-state index in [2.05, 4.69) is 15.6 Å². The Kier molecular flexibility index (Phi) is 5.72. The Balaban J connectivity index is 1.49. The molecule has 0 aliphatic carbocycles. The molecule has 3 amide bonds. The molecule has 0 fully saturated rings. The third kappa shape index (κ3) is 4.83. The SMILES string of the molecule is O=C(CSC1=Nc2ccccc2CS1)NC(=O)Nc1ccccc1F. The van der Waals surface area contributed by atoms with Crippen molar-refractivity contribution in [2.45, 2.75) is 5.75 Å². The highest BCUT2D eigenvalue weighted by Gasteiger charge is 2.15. The lowest BCUT2D eigenvalue weighted by Crippen LogP contribution is -2.35. The Morgan fingerprint density at radius 2 is 1.92 bits per heavy atom. The number of amides is 3. The van der Waals surface area contributed by atoms with Gasteiger partial charge in [0.25, 0.3) is 0 Å². The summed E-state index contributed by atoms with van der Waals surface area (Å²) in [6.45, 7) is 0. The van der Waals surface area contributed by atoms with Crippen LogP contribution in [0.25, 0.3) is 0 Å². The number of benzene rings is 2. The van der Waals surface area contributed by atoms with E-state index in [1.54, 1.807) is 17.8 Å². The van der Waals surface area contributed by atoms with Gasteiger partial charge in [-0.05, 0) is 23.8 Å². The van der Waals surface area contributed by atoms with Crippen molar-refractivity contribution < 1.29 is 14.0 Å². The highest BCUT2D eigenvalue weighted by atomic mass is 32.2. The normalized spacial score (nSPS) is 12.8. The van der Waals surface area contributed by atoms with Gasteiger partial charge in [0.1, 0.15) is 10.2 Å². The molecule has 0 bridgehead atoms. The van der Waals surface area contributed by atoms with E-state index in [9.17, 15) is 14.0 Å². The van der Waals surface area contributed by atoms with Crippen LogP contribution in [0.2, 0.25) is 0 Å². The average molecular weight is 375 g/mol. The van der Waals surface area contributed by atoms with Crippen molar-refractivity contribution in [2.75, 3.05) is 11.1 Å². The van der Waals surface area contributed by atoms with Crippen LogP contribution in [0, 0.1) is 5.82 Å². The summed E-state index contributed by atoms with van der Waals surface area (Å²) >= 11 is 2.82. The summed E-state index contributed by atoms with van der Waals surface area (Å²) in [5.74, 6) is -0.178. The highest BCUT2D eigenvalue weighted by Crippen LogP contribution is 2.34. The Morgan fingerprint density at radius 1 is 1.16 bits per heavy atom. The van der Waals surface area contributed by atoms with E-state index in [4.69, 9.17) is 0 Å². The molecular formula is C17H14FN3O2S2. The van der Waals surface area contributed by atoms with Crippen LogP contribution < -0.4 is 10.6 Å². The van der Waals surface area contributed by atoms with Gasteiger partial charge in [-0.3, -0.25) is 10.1 Å². The molecule has 0 radical (unpaired) electrons. The van der Waals surface area contributed by atoms with Crippen LogP contribution in [-0.4, -0.2) is 22.1 Å². The van der Waals surface area contributed by atoms with E-state index < -0.39 is 17.8 Å². The fourth-order valence-corrected chi connectivity index (χ4v) is 3.95. The Labute approximate surface area is 152 Å². The van der Waals surface area contributed by atoms with Crippen LogP contribution >= 0.6 is 23.5 Å². The van der Waals surface area contributed by atoms with Crippen molar-refractivity contribution in [3.8, 4) is 0 Å². The molecule has 1 aliphatic heterocycles. The van der Waals surface area contributed by atoms with Crippen molar-refractivity contribution in [1.82, 2.24) is 5.32 Å². The van der Waals surface area contributed by atoms with Crippen LogP contribution in [0.1, 0.15) is 5.56 Å². The monoisotopic (exact) mass is 375 g/mol. The zero-order valence-electron chi connectivity index (χ0n) is 13.0. The van der Waals surface area contributed by atoms with Crippen molar-refractivity contribution in [3.63, 3.8) is 0 Å². The number of halogens is 1. The summed E-state index contributed by atoms with van der Waals surface area (Å²) < 4.78 is 14.2. The lowest BCUT2D eigenvalue weighted by atomic mass is 10.2. The summed E-state index contributed by atoms with van der Waals surface area (Å²) in [6, 6.07) is 12.8. The third-order valence-electron chi connectivity index (χ3n) is 3.26. The lowest BCUT2D eigenvalue weighted by Gasteiger charge is -2.14. The van der Waals surface area contributed by atoms with Gasteiger partial charge in [-0.1, -0.05) is 53.9 Å². The minimum Gasteiger partial charge on any atom is -0.305 e. The molecule has 8 heteroatoms. The van der Waals surface area contributed by atoms with Crippen molar-refractivity contribution in [1.29, 1.82) is 0 Å². The first kappa shape index (κ1) is 17.5. The van der Waals surface area contributed by atoms with Gasteiger partial charge in [0, 0.05) is 5.75 Å². The Bertz CT molecular complexity index is 842. The van der Waals surface area contributed by atoms with Gasteiger partial charge >= 0.3 is 6.03 Å². The largest absolute Gasteiger partial charge is 0.325 e. The number of anilines is 1. The maximum Gasteiger partial charge on any atom is 0.325 e. The van der Waals surface area contributed by atoms with E-state index in [1.807, 2.05) is 24.3 Å². The summed E-state index contributed by atoms with van der Waals surface area (Å²) in [5.41, 5.74) is 2.08. The molecule has 2 N–H and O–H groups in total. The van der Waals surface area contributed by atoms with E-state index in [0.717, 1.165) is 21.4 Å². The van der Waals surface area contributed by atoms with E-state index in [-0.39, 0.29) is 11.4 Å². The number of nitrogens with one attached hydrogen (secondary N) is 2. The standard InChI is InChI=1S/C17H14FN3O2S2/c18-12-6-2-4-8-14(12)19-16(23)21-15(22)10-25-17-20-13-7-3-1-5-11(13)9-24-17/h1-8H,9-10H2,(H2,19,21,22,23). The number of hydrogen-bond donors (Lipinski definition) is 2. The second-order valence-electron chi connectivity index (χ2n) is 5.07. The predicted molar refractivity (Wildman–Crippen MR) is 101 cm³/mol. The highest BCUT2D eigenvalue weighted by molar-refractivity contribution is 8.38. The molecular weight excluding hydrogens is 361 g/mol. The first-order chi connectivity index (χ1) is 12.1. The van der Waals surface area contributed by atoms with Crippen molar-refractivity contribution in [2.24, 2.45) is 4.99 Å². The van der Waals surface area contributed by atoms with E-state index in [1.165, 1.54) is 30.0 Å². The topological polar surface area (TPSA) is 70.6 Å². The number of carbonyl (C=O) groups is 2. The second-order valence-corrected chi connectivity index (χ2v) is 7.25. The number of thioether (sulfide) groups is 2. The number of rotatable bonds is 3. The van der Waals surface area contributed by atoms with Gasteiger partial charge in [0.15, 0.2) is 0 Å². The summed E-state index contributed by atoms with van der Waals surface area (Å²) in [6.07, 6.45) is 0. The van der Waals surface area contributed by atoms with Gasteiger partial charge in [-0.15, -0.1) is 0 Å². The molecule has 0 unspecified atom stereocenters. The molecule has 0 saturated heterocycles. The molecule has 2 aromatic carbocycles. The van der Waals surface area contributed by atoms with Gasteiger partial charge in [-0.2, -0.15) is 0 Å². The van der Waals surface area contributed by atoms with Crippen molar-refractivity contribution >= 4 is 51.2 Å². The maximum atomic E-state index is 13.4. The Hall–Kier alpha value is -2.32. The van der Waals surface area contributed by atoms with E-state index in [0.29, 0.717) is 0 Å². The number of para-hydroxylation sites is 2. The first-order valence-electron chi connectivity index (χ1n) is 7.39. The fraction of sp³-hybridized carbons (Fsp3) is 0.118. The maximum absolute atomic E-state index is 13.4. The van der Waals surface area contributed by atoms with Crippen LogP contribution in [0.5, 0.6) is 0 Å². The van der Waals surface area contributed by atoms with Gasteiger partial charge < -0.3 is 5.32 Å². The third-order valence-corrected chi connectivity index (χ3v) is 5.50. The first-order valence-corrected chi connectivity index (χ1v) is 9.36. The number of fused-ring (bicyclic) bond motifs is 1. The summed E-state index contributed by atoms with van der Waals surface area (Å²) in [7, 11) is 0. The molecule has 0 spiro atoms. The van der Waals surface area contributed by atoms with Crippen LogP contribution in [0.3, 0.4) is 0 Å². The molecule has 0 saturated carbocycles. The molecule has 1 aliphatic rings. The van der Waals surface area contributed by atoms with Gasteiger partial charge in [-0.25, -0.2) is 14.2 Å². The number of hydrogen-bond acceptors (Lipinski definition) is 5. The van der Waals surface area contributed by atoms with E-state index >= 15 is 0 Å². The van der Waals surface area contributed by atoms with Crippen LogP contribution in [0.4, 0.5) is 20.6 Å². The quantitative estimate of drug-likeness (QED) is 0.846. The van der Waals surface area contributed by atoms with Crippen LogP contribution in [-0.2, 0) is 10.5 Å². The zero-order chi connectivity index (χ0) is 17.6. The lowest BCUT2D eigenvalue weighted by molar-refractivity contribution is -0.117. The molecule has 5 nitrogen and oxygen atoms in total. The average Bonchev–Trinajstić information content (AvgIpc) is 2.62. The molecule has 128 valence electrons. The number of aliphatic imine (C=N–C) groups is 1. The molecule has 0 atom stereocenters. The minimum absolute atomic E-state index is 0.0178. The predicted octanol–water partition coefficient (Wildman–Crippen LogP) is 4.14. The fourth-order valence-electron chi connectivity index (χ4n) is 2.09. The summed E-state index contributed by atoms with van der Waals surface area (Å²) in [4.78, 5) is 28.1. The Morgan fingerprint density at radius 3 is 2.76 bits per heavy atom. The molecule has 25 heavy (non-hydrogen) atoms. The molecule has 2 aromatic rings. The minimum atomic E-state index is -0.765. The number of imide groups is 1. The zero-order valence-corrected chi connectivity index (χ0v) is 14.6. The van der Waals surface area contributed by atoms with Gasteiger partial charge in [0.05, 0.1) is 17.1 Å². The van der Waals surface area contributed by atoms with Crippen molar-refractivity contribution in [3.05, 3.63) is 59.9 Å². The van der Waals surface area contributed by atoms with Gasteiger partial charge in [0.2, 0.25) is 5.91 Å². The molecule has 3 rings (SSSR count). The number of urea groups is 1. The van der Waals surface area contributed by atoms with Crippen LogP contribution in [0.15, 0.2) is 53.5 Å². The molecule has 1 heterocycles. The smallest absolute Gasteiger partial charge is 0.305 e.